The van der Waals surface area contributed by atoms with Gasteiger partial charge in [0.15, 0.2) is 0 Å². The normalized spacial score (nSPS) is 19.8. The molecular weight excluding hydrogens is 670 g/mol. The summed E-state index contributed by atoms with van der Waals surface area (Å²) in [4.78, 5) is 59.4. The number of imidazole rings is 2. The third kappa shape index (κ3) is 6.70. The number of ether oxygens (including phenoxy) is 2. The Morgan fingerprint density at radius 1 is 0.774 bits per heavy atom. The second-order valence-corrected chi connectivity index (χ2v) is 14.4. The van der Waals surface area contributed by atoms with Gasteiger partial charge in [-0.25, -0.2) is 14.8 Å². The zero-order valence-corrected chi connectivity index (χ0v) is 29.9. The zero-order valence-electron chi connectivity index (χ0n) is 29.9. The molecule has 3 atom stereocenters. The SMILES string of the molecule is COC(=O)N[C@@H](C(=O)N1CCC[C@@H]1c1ncc(-c2ccc(-c3ccc(-c4cnc([C@H]5CCCN5C(=O)C5(C)COC5)[nH]4)cc3)cc2)[nH]1)c1ccccc1. The van der Waals surface area contributed by atoms with Crippen LogP contribution in [0, 0.1) is 5.41 Å². The van der Waals surface area contributed by atoms with E-state index in [-0.39, 0.29) is 23.9 Å². The molecule has 3 saturated heterocycles. The fraction of sp³-hybridized carbons (Fsp3) is 0.341. The molecule has 53 heavy (non-hydrogen) atoms. The van der Waals surface area contributed by atoms with Crippen molar-refractivity contribution >= 4 is 17.9 Å². The molecule has 0 radical (unpaired) electrons. The van der Waals surface area contributed by atoms with Crippen LogP contribution in [0.15, 0.2) is 91.3 Å². The number of aromatic amines is 2. The molecule has 12 nitrogen and oxygen atoms in total. The lowest BCUT2D eigenvalue weighted by atomic mass is 9.86. The topological polar surface area (TPSA) is 146 Å². The highest BCUT2D eigenvalue weighted by Gasteiger charge is 2.47. The number of aromatic nitrogens is 4. The number of carbonyl (C=O) groups excluding carboxylic acids is 3. The van der Waals surface area contributed by atoms with Crippen molar-refractivity contribution in [1.82, 2.24) is 35.1 Å². The predicted octanol–water partition coefficient (Wildman–Crippen LogP) is 6.59. The first kappa shape index (κ1) is 34.3. The van der Waals surface area contributed by atoms with Crippen molar-refractivity contribution in [2.24, 2.45) is 5.41 Å². The molecule has 5 heterocycles. The molecule has 0 bridgehead atoms. The van der Waals surface area contributed by atoms with Gasteiger partial charge < -0.3 is 34.6 Å². The quantitative estimate of drug-likeness (QED) is 0.156. The van der Waals surface area contributed by atoms with E-state index in [2.05, 4.69) is 63.8 Å². The van der Waals surface area contributed by atoms with E-state index in [0.717, 1.165) is 71.7 Å². The smallest absolute Gasteiger partial charge is 0.407 e. The number of benzene rings is 3. The summed E-state index contributed by atoms with van der Waals surface area (Å²) in [6.45, 7) is 4.26. The number of H-pyrrole nitrogens is 2. The number of likely N-dealkylation sites (tertiary alicyclic amines) is 2. The zero-order chi connectivity index (χ0) is 36.5. The van der Waals surface area contributed by atoms with Crippen LogP contribution in [-0.4, -0.2) is 81.1 Å². The lowest BCUT2D eigenvalue weighted by Gasteiger charge is -2.40. The summed E-state index contributed by atoms with van der Waals surface area (Å²) < 4.78 is 10.2. The molecule has 3 aliphatic rings. The molecule has 5 aromatic rings. The third-order valence-corrected chi connectivity index (χ3v) is 10.8. The Hall–Kier alpha value is -5.75. The number of amides is 3. The van der Waals surface area contributed by atoms with Crippen LogP contribution in [0.3, 0.4) is 0 Å². The fourth-order valence-corrected chi connectivity index (χ4v) is 7.75. The number of nitrogens with one attached hydrogen (secondary N) is 3. The number of rotatable bonds is 9. The van der Waals surface area contributed by atoms with Crippen LogP contribution < -0.4 is 5.32 Å². The molecule has 3 N–H and O–H groups in total. The first-order chi connectivity index (χ1) is 25.8. The predicted molar refractivity (Wildman–Crippen MR) is 198 cm³/mol. The molecule has 12 heteroatoms. The van der Waals surface area contributed by atoms with E-state index >= 15 is 0 Å². The Bertz CT molecular complexity index is 2090. The van der Waals surface area contributed by atoms with E-state index in [0.29, 0.717) is 31.1 Å². The fourth-order valence-electron chi connectivity index (χ4n) is 7.75. The Morgan fingerprint density at radius 3 is 1.79 bits per heavy atom. The first-order valence-corrected chi connectivity index (χ1v) is 18.2. The van der Waals surface area contributed by atoms with Crippen molar-refractivity contribution in [3.63, 3.8) is 0 Å². The number of hydrogen-bond acceptors (Lipinski definition) is 7. The molecule has 3 aromatic carbocycles. The minimum Gasteiger partial charge on any atom is -0.453 e. The van der Waals surface area contributed by atoms with Crippen LogP contribution in [0.1, 0.15) is 67.9 Å². The highest BCUT2D eigenvalue weighted by atomic mass is 16.5. The Morgan fingerprint density at radius 2 is 1.28 bits per heavy atom. The van der Waals surface area contributed by atoms with Gasteiger partial charge in [-0.15, -0.1) is 0 Å². The molecular formula is C41H43N7O5. The van der Waals surface area contributed by atoms with Gasteiger partial charge in [-0.1, -0.05) is 78.9 Å². The maximum Gasteiger partial charge on any atom is 0.407 e. The van der Waals surface area contributed by atoms with E-state index in [1.54, 1.807) is 4.90 Å². The maximum absolute atomic E-state index is 13.9. The molecule has 8 rings (SSSR count). The molecule has 272 valence electrons. The molecule has 3 amide bonds. The van der Waals surface area contributed by atoms with Crippen LogP contribution in [0.4, 0.5) is 4.79 Å². The molecule has 0 aliphatic carbocycles. The average Bonchev–Trinajstić information content (AvgIpc) is 4.03. The largest absolute Gasteiger partial charge is 0.453 e. The molecule has 0 saturated carbocycles. The molecule has 3 fully saturated rings. The number of methoxy groups -OCH3 is 1. The van der Waals surface area contributed by atoms with Gasteiger partial charge >= 0.3 is 6.09 Å². The van der Waals surface area contributed by atoms with Crippen molar-refractivity contribution in [3.05, 3.63) is 108 Å². The van der Waals surface area contributed by atoms with Gasteiger partial charge in [-0.2, -0.15) is 0 Å². The summed E-state index contributed by atoms with van der Waals surface area (Å²) in [7, 11) is 1.29. The van der Waals surface area contributed by atoms with Gasteiger partial charge in [0.2, 0.25) is 5.91 Å². The average molecular weight is 714 g/mol. The summed E-state index contributed by atoms with van der Waals surface area (Å²) in [5.41, 5.74) is 6.23. The summed E-state index contributed by atoms with van der Waals surface area (Å²) in [6.07, 6.45) is 6.46. The van der Waals surface area contributed by atoms with Crippen molar-refractivity contribution in [1.29, 1.82) is 0 Å². The van der Waals surface area contributed by atoms with Gasteiger partial charge in [0.05, 0.1) is 61.6 Å². The van der Waals surface area contributed by atoms with Crippen molar-refractivity contribution < 1.29 is 23.9 Å². The van der Waals surface area contributed by atoms with Gasteiger partial charge in [-0.3, -0.25) is 9.59 Å². The second-order valence-electron chi connectivity index (χ2n) is 14.4. The van der Waals surface area contributed by atoms with Crippen LogP contribution in [-0.2, 0) is 19.1 Å². The van der Waals surface area contributed by atoms with E-state index in [9.17, 15) is 14.4 Å². The van der Waals surface area contributed by atoms with E-state index in [4.69, 9.17) is 19.4 Å². The second kappa shape index (κ2) is 14.3. The molecule has 2 aromatic heterocycles. The van der Waals surface area contributed by atoms with Crippen LogP contribution in [0.25, 0.3) is 33.6 Å². The molecule has 0 spiro atoms. The van der Waals surface area contributed by atoms with Gasteiger partial charge in [0.1, 0.15) is 17.7 Å². The van der Waals surface area contributed by atoms with E-state index in [1.165, 1.54) is 7.11 Å². The number of hydrogen-bond donors (Lipinski definition) is 3. The Labute approximate surface area is 307 Å². The minimum absolute atomic E-state index is 0.0423. The minimum atomic E-state index is -0.867. The van der Waals surface area contributed by atoms with E-state index in [1.807, 2.05) is 54.5 Å². The lowest BCUT2D eigenvalue weighted by Crippen LogP contribution is -2.53. The van der Waals surface area contributed by atoms with Crippen LogP contribution >= 0.6 is 0 Å². The van der Waals surface area contributed by atoms with Crippen LogP contribution in [0.5, 0.6) is 0 Å². The van der Waals surface area contributed by atoms with Crippen LogP contribution in [0.2, 0.25) is 0 Å². The lowest BCUT2D eigenvalue weighted by molar-refractivity contribution is -0.169. The first-order valence-electron chi connectivity index (χ1n) is 18.2. The van der Waals surface area contributed by atoms with Gasteiger partial charge in [0.25, 0.3) is 5.91 Å². The highest BCUT2D eigenvalue weighted by Crippen LogP contribution is 2.38. The van der Waals surface area contributed by atoms with Crippen molar-refractivity contribution in [3.8, 4) is 33.6 Å². The number of nitrogens with zero attached hydrogens (tertiary/aromatic N) is 4. The summed E-state index contributed by atoms with van der Waals surface area (Å²) >= 11 is 0. The number of carbonyl (C=O) groups is 3. The molecule has 3 aliphatic heterocycles. The van der Waals surface area contributed by atoms with Crippen molar-refractivity contribution in [2.45, 2.75) is 50.7 Å². The van der Waals surface area contributed by atoms with Gasteiger partial charge in [0, 0.05) is 13.1 Å². The Kier molecular flexibility index (Phi) is 9.30. The molecule has 0 unspecified atom stereocenters. The van der Waals surface area contributed by atoms with E-state index < -0.39 is 17.6 Å². The monoisotopic (exact) mass is 713 g/mol. The van der Waals surface area contributed by atoms with Gasteiger partial charge in [-0.05, 0) is 60.4 Å². The van der Waals surface area contributed by atoms with Crippen molar-refractivity contribution in [2.75, 3.05) is 33.4 Å². The number of alkyl carbamates (subject to hydrolysis) is 1. The highest BCUT2D eigenvalue weighted by molar-refractivity contribution is 5.87. The summed E-state index contributed by atoms with van der Waals surface area (Å²) in [6, 6.07) is 24.7. The standard InChI is InChI=1S/C41H43N7O5/c1-41(24-53-25-41)39(50)48-21-7-11-34(48)37-43-23-32(45-37)29-18-14-27(15-19-29)26-12-16-28(17-13-26)31-22-42-36(44-31)33-10-6-20-47(33)38(49)35(46-40(51)52-2)30-8-4-3-5-9-30/h3-5,8-9,12-19,22-23,33-35H,6-7,10-11,20-21,24-25H2,1-2H3,(H,42,44)(H,43,45)(H,46,51)/t33-,34-,35-/m1/s1. The third-order valence-electron chi connectivity index (χ3n) is 10.8. The summed E-state index contributed by atoms with van der Waals surface area (Å²) in [5.74, 6) is 1.50. The summed E-state index contributed by atoms with van der Waals surface area (Å²) in [5, 5.41) is 2.71. The Balaban J connectivity index is 0.933. The maximum atomic E-state index is 13.9.